The summed E-state index contributed by atoms with van der Waals surface area (Å²) in [7, 11) is 0. The molecular formula is C24H14ClF5N6O2S. The summed E-state index contributed by atoms with van der Waals surface area (Å²) < 4.78 is 68.5. The highest BCUT2D eigenvalue weighted by molar-refractivity contribution is 7.21. The van der Waals surface area contributed by atoms with Crippen LogP contribution in [0.15, 0.2) is 42.5 Å². The minimum absolute atomic E-state index is 0.0168. The van der Waals surface area contributed by atoms with Gasteiger partial charge in [-0.25, -0.2) is 23.3 Å². The van der Waals surface area contributed by atoms with E-state index < -0.39 is 52.2 Å². The minimum atomic E-state index is -4.84. The second kappa shape index (κ2) is 9.54. The highest BCUT2D eigenvalue weighted by Crippen LogP contribution is 2.43. The number of primary amides is 1. The van der Waals surface area contributed by atoms with E-state index in [0.717, 1.165) is 12.1 Å². The van der Waals surface area contributed by atoms with Gasteiger partial charge in [0.1, 0.15) is 26.1 Å². The van der Waals surface area contributed by atoms with Crippen molar-refractivity contribution < 1.29 is 31.5 Å². The summed E-state index contributed by atoms with van der Waals surface area (Å²) in [6.45, 7) is 1.32. The monoisotopic (exact) mass is 580 g/mol. The van der Waals surface area contributed by atoms with Crippen molar-refractivity contribution in [1.82, 2.24) is 19.6 Å². The Balaban J connectivity index is 1.71. The molecule has 0 aliphatic carbocycles. The van der Waals surface area contributed by atoms with Crippen molar-refractivity contribution in [3.63, 3.8) is 0 Å². The number of hydrogen-bond acceptors (Lipinski definition) is 6. The Hall–Kier alpha value is -4.17. The van der Waals surface area contributed by atoms with Crippen LogP contribution in [0.5, 0.6) is 0 Å². The molecule has 15 heteroatoms. The summed E-state index contributed by atoms with van der Waals surface area (Å²) in [5, 5.41) is 5.83. The van der Waals surface area contributed by atoms with Gasteiger partial charge in [-0.15, -0.1) is 11.3 Å². The highest BCUT2D eigenvalue weighted by Gasteiger charge is 2.36. The Labute approximate surface area is 224 Å². The molecular weight excluding hydrogens is 567 g/mol. The quantitative estimate of drug-likeness (QED) is 0.238. The molecule has 39 heavy (non-hydrogen) atoms. The summed E-state index contributed by atoms with van der Waals surface area (Å²) in [5.74, 6) is -2.08. The van der Waals surface area contributed by atoms with Crippen LogP contribution in [0.2, 0.25) is 5.02 Å². The molecule has 0 spiro atoms. The number of nitrogens with one attached hydrogen (secondary N) is 1. The van der Waals surface area contributed by atoms with Crippen molar-refractivity contribution in [2.75, 3.05) is 5.32 Å². The molecule has 2 amide bonds. The van der Waals surface area contributed by atoms with Gasteiger partial charge < -0.3 is 11.1 Å². The second-order valence-corrected chi connectivity index (χ2v) is 9.62. The summed E-state index contributed by atoms with van der Waals surface area (Å²) in [5.41, 5.74) is 3.21. The van der Waals surface area contributed by atoms with Gasteiger partial charge in [0.05, 0.1) is 5.69 Å². The van der Waals surface area contributed by atoms with Crippen LogP contribution in [0.4, 0.5) is 27.6 Å². The van der Waals surface area contributed by atoms with E-state index in [1.165, 1.54) is 6.92 Å². The average Bonchev–Trinajstić information content (AvgIpc) is 3.41. The topological polar surface area (TPSA) is 115 Å². The summed E-state index contributed by atoms with van der Waals surface area (Å²) >= 11 is 6.90. The van der Waals surface area contributed by atoms with Crippen molar-refractivity contribution in [1.29, 1.82) is 0 Å². The van der Waals surface area contributed by atoms with Gasteiger partial charge in [-0.3, -0.25) is 9.59 Å². The molecule has 0 fully saturated rings. The normalized spacial score (nSPS) is 12.0. The fourth-order valence-corrected chi connectivity index (χ4v) is 5.26. The van der Waals surface area contributed by atoms with Gasteiger partial charge in [-0.1, -0.05) is 41.9 Å². The molecule has 200 valence electrons. The second-order valence-electron chi connectivity index (χ2n) is 8.24. The predicted molar refractivity (Wildman–Crippen MR) is 134 cm³/mol. The van der Waals surface area contributed by atoms with E-state index in [2.05, 4.69) is 20.4 Å². The van der Waals surface area contributed by atoms with Gasteiger partial charge in [0.15, 0.2) is 11.3 Å². The molecule has 4 heterocycles. The van der Waals surface area contributed by atoms with Crippen LogP contribution in [-0.2, 0) is 6.18 Å². The van der Waals surface area contributed by atoms with Crippen molar-refractivity contribution in [2.24, 2.45) is 5.73 Å². The first kappa shape index (κ1) is 26.4. The van der Waals surface area contributed by atoms with E-state index in [1.807, 2.05) is 0 Å². The number of aryl methyl sites for hydroxylation is 1. The van der Waals surface area contributed by atoms with Crippen LogP contribution in [0, 0.1) is 6.92 Å². The van der Waals surface area contributed by atoms with Crippen LogP contribution < -0.4 is 11.1 Å². The molecule has 1 aromatic carbocycles. The Morgan fingerprint density at radius 1 is 1.13 bits per heavy atom. The molecule has 4 aromatic heterocycles. The van der Waals surface area contributed by atoms with Crippen molar-refractivity contribution >= 4 is 56.3 Å². The third kappa shape index (κ3) is 4.65. The highest BCUT2D eigenvalue weighted by atomic mass is 35.5. The number of aromatic nitrogens is 4. The average molecular weight is 581 g/mol. The molecule has 5 aromatic rings. The van der Waals surface area contributed by atoms with E-state index in [-0.39, 0.29) is 32.0 Å². The first-order valence-electron chi connectivity index (χ1n) is 10.9. The lowest BCUT2D eigenvalue weighted by atomic mass is 10.0. The number of halogens is 6. The number of pyridine rings is 1. The molecule has 0 saturated carbocycles. The number of fused-ring (bicyclic) bond motifs is 2. The van der Waals surface area contributed by atoms with Crippen LogP contribution >= 0.6 is 22.9 Å². The standard InChI is InChI=1S/C24H14ClF5N6O2S/c1-9-7-13(24(28,29)30)36-21(32-9)15(25)17(35-36)22(38)34-16-14-11(10-5-3-2-4-6-10)8-12(19(26)27)33-23(14)39-18(16)20(31)37/h2-8,19H,1H3,(H2,31,37)(H,34,38). The fraction of sp³-hybridized carbons (Fsp3) is 0.125. The lowest BCUT2D eigenvalue weighted by Gasteiger charge is -2.10. The van der Waals surface area contributed by atoms with E-state index in [9.17, 15) is 31.5 Å². The van der Waals surface area contributed by atoms with E-state index in [1.54, 1.807) is 30.3 Å². The lowest BCUT2D eigenvalue weighted by molar-refractivity contribution is -0.142. The van der Waals surface area contributed by atoms with Gasteiger partial charge >= 0.3 is 6.18 Å². The molecule has 5 rings (SSSR count). The first-order chi connectivity index (χ1) is 18.4. The molecule has 0 bridgehead atoms. The van der Waals surface area contributed by atoms with Gasteiger partial charge in [-0.05, 0) is 30.2 Å². The van der Waals surface area contributed by atoms with Gasteiger partial charge in [0.2, 0.25) is 0 Å². The van der Waals surface area contributed by atoms with Crippen LogP contribution in [-0.4, -0.2) is 31.4 Å². The zero-order chi connectivity index (χ0) is 28.2. The number of alkyl halides is 5. The zero-order valence-corrected chi connectivity index (χ0v) is 21.0. The molecule has 3 N–H and O–H groups in total. The number of carbonyl (C=O) groups excluding carboxylic acids is 2. The summed E-state index contributed by atoms with van der Waals surface area (Å²) in [4.78, 5) is 33.3. The Bertz CT molecular complexity index is 1790. The fourth-order valence-electron chi connectivity index (χ4n) is 4.00. The molecule has 0 saturated heterocycles. The number of hydrogen-bond donors (Lipinski definition) is 2. The Morgan fingerprint density at radius 2 is 1.82 bits per heavy atom. The number of thiophene rings is 1. The zero-order valence-electron chi connectivity index (χ0n) is 19.5. The molecule has 0 atom stereocenters. The number of anilines is 1. The van der Waals surface area contributed by atoms with Gasteiger partial charge in [0, 0.05) is 11.1 Å². The van der Waals surface area contributed by atoms with Crippen LogP contribution in [0.1, 0.15) is 43.7 Å². The maximum absolute atomic E-state index is 13.6. The molecule has 8 nitrogen and oxygen atoms in total. The van der Waals surface area contributed by atoms with E-state index >= 15 is 0 Å². The maximum Gasteiger partial charge on any atom is 0.433 e. The summed E-state index contributed by atoms with van der Waals surface area (Å²) in [6.07, 6.45) is -7.78. The SMILES string of the molecule is Cc1cc(C(F)(F)F)n2nc(C(=O)Nc3c(C(N)=O)sc4nc(C(F)F)cc(-c5ccccc5)c34)c(Cl)c2n1. The van der Waals surface area contributed by atoms with Crippen LogP contribution in [0.3, 0.4) is 0 Å². The van der Waals surface area contributed by atoms with Crippen LogP contribution in [0.25, 0.3) is 27.0 Å². The Morgan fingerprint density at radius 3 is 2.44 bits per heavy atom. The number of nitrogens with zero attached hydrogens (tertiary/aromatic N) is 4. The molecule has 0 radical (unpaired) electrons. The van der Waals surface area contributed by atoms with E-state index in [0.29, 0.717) is 21.4 Å². The lowest BCUT2D eigenvalue weighted by Crippen LogP contribution is -2.18. The number of nitrogens with two attached hydrogens (primary N) is 1. The van der Waals surface area contributed by atoms with Gasteiger partial charge in [-0.2, -0.15) is 18.3 Å². The van der Waals surface area contributed by atoms with Crippen molar-refractivity contribution in [3.8, 4) is 11.1 Å². The predicted octanol–water partition coefficient (Wildman–Crippen LogP) is 6.28. The minimum Gasteiger partial charge on any atom is -0.365 e. The largest absolute Gasteiger partial charge is 0.433 e. The molecule has 0 aliphatic rings. The molecule has 0 aliphatic heterocycles. The number of benzene rings is 1. The Kier molecular flexibility index (Phi) is 6.47. The van der Waals surface area contributed by atoms with E-state index in [4.69, 9.17) is 17.3 Å². The number of amides is 2. The molecule has 0 unspecified atom stereocenters. The third-order valence-corrected chi connectivity index (χ3v) is 7.07. The third-order valence-electron chi connectivity index (χ3n) is 5.62. The van der Waals surface area contributed by atoms with Gasteiger partial charge in [0.25, 0.3) is 18.2 Å². The van der Waals surface area contributed by atoms with Crippen molar-refractivity contribution in [2.45, 2.75) is 19.5 Å². The summed E-state index contributed by atoms with van der Waals surface area (Å²) in [6, 6.07) is 10.1. The maximum atomic E-state index is 13.6. The first-order valence-corrected chi connectivity index (χ1v) is 12.1. The number of rotatable bonds is 5. The smallest absolute Gasteiger partial charge is 0.365 e. The number of carbonyl (C=O) groups is 2. The van der Waals surface area contributed by atoms with Crippen molar-refractivity contribution in [3.05, 3.63) is 75.1 Å².